The first-order valence-corrected chi connectivity index (χ1v) is 20.4. The van der Waals surface area contributed by atoms with E-state index in [4.69, 9.17) is 17.2 Å². The van der Waals surface area contributed by atoms with Gasteiger partial charge in [-0.3, -0.25) is 52.7 Å². The largest absolute Gasteiger partial charge is 0.481 e. The van der Waals surface area contributed by atoms with E-state index in [0.29, 0.717) is 12.1 Å². The number of carbonyl (C=O) groups is 12. The molecule has 0 bridgehead atoms. The predicted octanol–water partition coefficient (Wildman–Crippen LogP) is -9.10. The van der Waals surface area contributed by atoms with Gasteiger partial charge in [0.2, 0.25) is 59.1 Å². The Bertz CT molecular complexity index is 1920. The number of carboxylic acids is 2. The second-order valence-electron chi connectivity index (χ2n) is 14.9. The van der Waals surface area contributed by atoms with Crippen LogP contribution in [0.25, 0.3) is 0 Å². The van der Waals surface area contributed by atoms with Gasteiger partial charge in [0.1, 0.15) is 42.3 Å². The third kappa shape index (κ3) is 21.0. The highest BCUT2D eigenvalue weighted by Crippen LogP contribution is 2.07. The summed E-state index contributed by atoms with van der Waals surface area (Å²) in [5, 5.41) is 65.4. The fourth-order valence-corrected chi connectivity index (χ4v) is 5.57. The lowest BCUT2D eigenvalue weighted by Gasteiger charge is -2.26. The van der Waals surface area contributed by atoms with Crippen molar-refractivity contribution >= 4 is 71.0 Å². The van der Waals surface area contributed by atoms with Crippen molar-refractivity contribution in [2.24, 2.45) is 23.1 Å². The maximum Gasteiger partial charge on any atom is 0.326 e. The van der Waals surface area contributed by atoms with Gasteiger partial charge in [-0.25, -0.2) is 9.78 Å². The Morgan fingerprint density at radius 1 is 0.612 bits per heavy atom. The summed E-state index contributed by atoms with van der Waals surface area (Å²) in [4.78, 5) is 157. The minimum Gasteiger partial charge on any atom is -0.481 e. The van der Waals surface area contributed by atoms with Gasteiger partial charge in [0.25, 0.3) is 0 Å². The van der Waals surface area contributed by atoms with Crippen LogP contribution in [-0.2, 0) is 64.0 Å². The molecule has 1 heterocycles. The number of amides is 10. The van der Waals surface area contributed by atoms with Crippen LogP contribution in [0.15, 0.2) is 12.5 Å². The molecule has 0 saturated heterocycles. The van der Waals surface area contributed by atoms with Crippen molar-refractivity contribution in [3.8, 4) is 0 Å². The number of H-pyrrole nitrogens is 1. The summed E-state index contributed by atoms with van der Waals surface area (Å²) >= 11 is 0. The first-order chi connectivity index (χ1) is 31.5. The van der Waals surface area contributed by atoms with Gasteiger partial charge in [0, 0.05) is 31.2 Å². The Kier molecular flexibility index (Phi) is 25.2. The first kappa shape index (κ1) is 57.7. The molecule has 1 rings (SSSR count). The topological polar surface area (TPSA) is 509 Å². The van der Waals surface area contributed by atoms with Crippen LogP contribution in [0, 0.1) is 5.92 Å². The number of imidazole rings is 1. The first-order valence-electron chi connectivity index (χ1n) is 20.4. The fraction of sp³-hybridized carbons (Fsp3) is 0.595. The van der Waals surface area contributed by atoms with Crippen molar-refractivity contribution < 1.29 is 83.1 Å². The highest BCUT2D eigenvalue weighted by Gasteiger charge is 2.34. The second-order valence-corrected chi connectivity index (χ2v) is 14.9. The van der Waals surface area contributed by atoms with Gasteiger partial charge in [-0.15, -0.1) is 0 Å². The number of carbonyl (C=O) groups excluding carboxylic acids is 10. The van der Waals surface area contributed by atoms with E-state index < -0.39 is 178 Å². The van der Waals surface area contributed by atoms with Crippen LogP contribution in [0.1, 0.15) is 58.1 Å². The van der Waals surface area contributed by atoms with Crippen LogP contribution in [-0.4, -0.2) is 181 Å². The minimum atomic E-state index is -1.99. The summed E-state index contributed by atoms with van der Waals surface area (Å²) in [5.41, 5.74) is 16.4. The highest BCUT2D eigenvalue weighted by molar-refractivity contribution is 5.98. The van der Waals surface area contributed by atoms with Crippen LogP contribution in [0.3, 0.4) is 0 Å². The number of nitrogens with one attached hydrogen (secondary N) is 9. The molecule has 10 amide bonds. The Hall–Kier alpha value is -7.31. The molecule has 0 aliphatic rings. The van der Waals surface area contributed by atoms with Gasteiger partial charge in [0.15, 0.2) is 0 Å². The SMILES string of the molecule is CC[C@H](C)[C@H](N)C(=O)N[C@@H](CO)C(=O)N[C@@H](CO)C(=O)N[C@@H](CO)C(=O)N[C@@H](CCC(N)=O)C(=O)N[C@@H](CC(=O)O)C(=O)NCC(=O)N[C@@H](Cc1cnc[nH]1)C(=O)N[C@@H](CCC(N)=O)C(=O)O. The van der Waals surface area contributed by atoms with E-state index in [1.54, 1.807) is 13.8 Å². The van der Waals surface area contributed by atoms with Crippen LogP contribution < -0.4 is 59.7 Å². The maximum absolute atomic E-state index is 13.5. The van der Waals surface area contributed by atoms with Crippen LogP contribution in [0.2, 0.25) is 0 Å². The third-order valence-corrected chi connectivity index (χ3v) is 9.68. The van der Waals surface area contributed by atoms with Gasteiger partial charge in [-0.05, 0) is 18.8 Å². The Balaban J connectivity index is 3.14. The summed E-state index contributed by atoms with van der Waals surface area (Å²) in [6.07, 6.45) is -0.373. The number of nitrogens with two attached hydrogens (primary N) is 3. The number of nitrogens with zero attached hydrogens (tertiary/aromatic N) is 1. The molecule has 0 radical (unpaired) electrons. The van der Waals surface area contributed by atoms with Crippen molar-refractivity contribution in [1.29, 1.82) is 0 Å². The Morgan fingerprint density at radius 2 is 1.04 bits per heavy atom. The van der Waals surface area contributed by atoms with Crippen LogP contribution in [0.5, 0.6) is 0 Å². The molecule has 0 aliphatic heterocycles. The molecule has 0 aromatic carbocycles. The number of hydrogen-bond acceptors (Lipinski definition) is 17. The van der Waals surface area contributed by atoms with Gasteiger partial charge >= 0.3 is 11.9 Å². The second kappa shape index (κ2) is 29.3. The summed E-state index contributed by atoms with van der Waals surface area (Å²) in [7, 11) is 0. The zero-order valence-electron chi connectivity index (χ0n) is 36.4. The summed E-state index contributed by atoms with van der Waals surface area (Å²) in [5.74, 6) is -14.6. The molecule has 0 fully saturated rings. The number of aromatic nitrogens is 2. The van der Waals surface area contributed by atoms with Gasteiger partial charge in [-0.1, -0.05) is 20.3 Å². The number of aromatic amines is 1. The van der Waals surface area contributed by atoms with Gasteiger partial charge < -0.3 is 90.3 Å². The average molecular weight is 958 g/mol. The van der Waals surface area contributed by atoms with E-state index in [0.717, 1.165) is 0 Å². The molecular weight excluding hydrogens is 898 g/mol. The van der Waals surface area contributed by atoms with E-state index in [1.807, 2.05) is 5.32 Å². The van der Waals surface area contributed by atoms with Crippen LogP contribution in [0.4, 0.5) is 0 Å². The minimum absolute atomic E-state index is 0.288. The molecule has 67 heavy (non-hydrogen) atoms. The molecule has 0 aliphatic carbocycles. The molecule has 0 spiro atoms. The summed E-state index contributed by atoms with van der Waals surface area (Å²) in [6.45, 7) is -0.774. The van der Waals surface area contributed by atoms with Crippen molar-refractivity contribution in [1.82, 2.24) is 52.5 Å². The summed E-state index contributed by atoms with van der Waals surface area (Å²) < 4.78 is 0. The average Bonchev–Trinajstić information content (AvgIpc) is 3.79. The van der Waals surface area contributed by atoms with Crippen molar-refractivity contribution in [2.75, 3.05) is 26.4 Å². The lowest BCUT2D eigenvalue weighted by atomic mass is 9.99. The lowest BCUT2D eigenvalue weighted by Crippen LogP contribution is -2.61. The van der Waals surface area contributed by atoms with E-state index in [9.17, 15) is 83.1 Å². The third-order valence-electron chi connectivity index (χ3n) is 9.68. The number of aliphatic carboxylic acids is 2. The standard InChI is InChI=1S/C37H59N13O17/c1-3-16(2)29(40)36(65)50-24(14-53)35(64)49-23(13-52)34(63)48-22(12-51)33(62)45-18(4-6-25(38)54)31(60)47-21(9-28(57)58)30(59)42-11-27(56)44-20(8-17-10-41-15-43-17)32(61)46-19(37(66)67)5-7-26(39)55/h10,15-16,18-24,29,51-53H,3-9,11-14,40H2,1-2H3,(H2,38,54)(H2,39,55)(H,41,43)(H,42,59)(H,44,56)(H,45,62)(H,46,61)(H,47,60)(H,48,63)(H,49,64)(H,50,65)(H,57,58)(H,66,67)/t16-,18-,19-,20-,21-,22-,23-,24-,29-/m0/s1. The van der Waals surface area contributed by atoms with E-state index in [1.165, 1.54) is 12.5 Å². The van der Waals surface area contributed by atoms with Crippen LogP contribution >= 0.6 is 0 Å². The molecule has 1 aromatic rings. The molecule has 374 valence electrons. The smallest absolute Gasteiger partial charge is 0.326 e. The quantitative estimate of drug-likeness (QED) is 0.0319. The Morgan fingerprint density at radius 3 is 1.48 bits per heavy atom. The van der Waals surface area contributed by atoms with Crippen molar-refractivity contribution in [3.63, 3.8) is 0 Å². The molecule has 9 atom stereocenters. The number of aliphatic hydroxyl groups is 3. The number of primary amides is 2. The molecule has 0 unspecified atom stereocenters. The number of carboxylic acid groups (broad SMARTS) is 2. The molecular formula is C37H59N13O17. The lowest BCUT2D eigenvalue weighted by molar-refractivity contribution is -0.142. The molecule has 30 heteroatoms. The monoisotopic (exact) mass is 957 g/mol. The molecule has 1 aromatic heterocycles. The van der Waals surface area contributed by atoms with E-state index in [2.05, 4.69) is 47.2 Å². The zero-order chi connectivity index (χ0) is 51.0. The molecule has 0 saturated carbocycles. The molecule has 30 nitrogen and oxygen atoms in total. The maximum atomic E-state index is 13.5. The summed E-state index contributed by atoms with van der Waals surface area (Å²) in [6, 6.07) is -13.4. The number of hydrogen-bond donors (Lipinski definition) is 17. The normalized spacial score (nSPS) is 14.9. The number of rotatable bonds is 32. The fourth-order valence-electron chi connectivity index (χ4n) is 5.57. The number of aliphatic hydroxyl groups excluding tert-OH is 3. The van der Waals surface area contributed by atoms with Gasteiger partial charge in [-0.2, -0.15) is 0 Å². The van der Waals surface area contributed by atoms with Crippen molar-refractivity contribution in [3.05, 3.63) is 18.2 Å². The van der Waals surface area contributed by atoms with Gasteiger partial charge in [0.05, 0.1) is 45.2 Å². The molecule has 20 N–H and O–H groups in total. The zero-order valence-corrected chi connectivity index (χ0v) is 36.4. The van der Waals surface area contributed by atoms with E-state index in [-0.39, 0.29) is 12.3 Å². The Labute approximate surface area is 381 Å². The highest BCUT2D eigenvalue weighted by atomic mass is 16.4. The predicted molar refractivity (Wildman–Crippen MR) is 224 cm³/mol. The van der Waals surface area contributed by atoms with E-state index >= 15 is 0 Å². The van der Waals surface area contributed by atoms with Crippen molar-refractivity contribution in [2.45, 2.75) is 107 Å².